The largest absolute Gasteiger partial charge is 0.465 e. The summed E-state index contributed by atoms with van der Waals surface area (Å²) in [4.78, 5) is 15.9. The number of aliphatic hydroxyl groups is 1. The van der Waals surface area contributed by atoms with Crippen LogP contribution in [0, 0.1) is 6.92 Å². The normalized spacial score (nSPS) is 27.1. The smallest absolute Gasteiger partial charge is 0.225 e. The van der Waals surface area contributed by atoms with Gasteiger partial charge in [0, 0.05) is 25.6 Å². The molecule has 3 heterocycles. The molecule has 7 nitrogen and oxygen atoms in total. The van der Waals surface area contributed by atoms with Crippen LogP contribution in [-0.2, 0) is 21.2 Å². The minimum absolute atomic E-state index is 0.00250. The number of carbonyl (C=O) groups excluding carboxylic acids is 1. The number of carbonyl (C=O) groups is 1. The van der Waals surface area contributed by atoms with Crippen LogP contribution < -0.4 is 0 Å². The minimum Gasteiger partial charge on any atom is -0.465 e. The summed E-state index contributed by atoms with van der Waals surface area (Å²) >= 11 is 0. The Hall–Kier alpha value is -1.38. The monoisotopic (exact) mass is 342 g/mol. The highest BCUT2D eigenvalue weighted by Gasteiger charge is 2.47. The van der Waals surface area contributed by atoms with E-state index in [1.165, 1.54) is 0 Å². The summed E-state index contributed by atoms with van der Waals surface area (Å²) in [6.45, 7) is 3.29. The van der Waals surface area contributed by atoms with Crippen LogP contribution in [-0.4, -0.2) is 72.5 Å². The first-order valence-electron chi connectivity index (χ1n) is 7.80. The van der Waals surface area contributed by atoms with Gasteiger partial charge in [0.15, 0.2) is 9.84 Å². The molecular formula is C15H22N2O5S. The van der Waals surface area contributed by atoms with Gasteiger partial charge in [0.2, 0.25) is 5.91 Å². The Bertz CT molecular complexity index is 684. The van der Waals surface area contributed by atoms with Gasteiger partial charge in [-0.1, -0.05) is 0 Å². The molecule has 1 amide bonds. The second kappa shape index (κ2) is 6.26. The van der Waals surface area contributed by atoms with Crippen LogP contribution in [0.1, 0.15) is 17.9 Å². The first-order chi connectivity index (χ1) is 10.9. The standard InChI is InChI=1S/C15H22N2O5S/c1-11-2-3-12(22-11)8-16-5-6-17(15(19)4-7-18)14-10-23(20,21)9-13(14)16/h2-3,13-14,18H,4-10H2,1H3/t13-,14+/m0/s1. The summed E-state index contributed by atoms with van der Waals surface area (Å²) in [5.74, 6) is 1.53. The molecule has 0 unspecified atom stereocenters. The number of furan rings is 1. The second-order valence-electron chi connectivity index (χ2n) is 6.26. The molecule has 2 atom stereocenters. The maximum absolute atomic E-state index is 12.2. The van der Waals surface area contributed by atoms with Crippen molar-refractivity contribution in [2.75, 3.05) is 31.2 Å². The third-order valence-electron chi connectivity index (χ3n) is 4.59. The van der Waals surface area contributed by atoms with E-state index >= 15 is 0 Å². The Kier molecular flexibility index (Phi) is 4.48. The van der Waals surface area contributed by atoms with E-state index in [4.69, 9.17) is 9.52 Å². The Balaban J connectivity index is 1.79. The van der Waals surface area contributed by atoms with Crippen molar-refractivity contribution in [3.8, 4) is 0 Å². The Morgan fingerprint density at radius 1 is 1.30 bits per heavy atom. The van der Waals surface area contributed by atoms with Crippen molar-refractivity contribution in [2.45, 2.75) is 32.0 Å². The van der Waals surface area contributed by atoms with Crippen LogP contribution in [0.15, 0.2) is 16.5 Å². The summed E-state index contributed by atoms with van der Waals surface area (Å²) in [7, 11) is -3.16. The number of amides is 1. The van der Waals surface area contributed by atoms with E-state index in [0.717, 1.165) is 11.5 Å². The maximum atomic E-state index is 12.2. The van der Waals surface area contributed by atoms with E-state index in [0.29, 0.717) is 19.6 Å². The topological polar surface area (TPSA) is 91.1 Å². The third-order valence-corrected chi connectivity index (χ3v) is 6.29. The predicted molar refractivity (Wildman–Crippen MR) is 83.5 cm³/mol. The molecule has 8 heteroatoms. The highest BCUT2D eigenvalue weighted by Crippen LogP contribution is 2.28. The molecular weight excluding hydrogens is 320 g/mol. The first-order valence-corrected chi connectivity index (χ1v) is 9.62. The third kappa shape index (κ3) is 3.44. The summed E-state index contributed by atoms with van der Waals surface area (Å²) in [6, 6.07) is 3.25. The van der Waals surface area contributed by atoms with Gasteiger partial charge in [0.25, 0.3) is 0 Å². The van der Waals surface area contributed by atoms with E-state index < -0.39 is 9.84 Å². The number of hydrogen-bond donors (Lipinski definition) is 1. The van der Waals surface area contributed by atoms with Gasteiger partial charge < -0.3 is 14.4 Å². The molecule has 3 rings (SSSR count). The van der Waals surface area contributed by atoms with E-state index in [2.05, 4.69) is 4.90 Å². The molecule has 2 saturated heterocycles. The van der Waals surface area contributed by atoms with Gasteiger partial charge in [-0.2, -0.15) is 0 Å². The molecule has 0 saturated carbocycles. The van der Waals surface area contributed by atoms with Gasteiger partial charge in [-0.3, -0.25) is 9.69 Å². The number of piperazine rings is 1. The molecule has 128 valence electrons. The van der Waals surface area contributed by atoms with Gasteiger partial charge in [0.1, 0.15) is 11.5 Å². The fourth-order valence-corrected chi connectivity index (χ4v) is 5.55. The van der Waals surface area contributed by atoms with Gasteiger partial charge in [-0.15, -0.1) is 0 Å². The van der Waals surface area contributed by atoms with Crippen molar-refractivity contribution in [3.63, 3.8) is 0 Å². The summed E-state index contributed by atoms with van der Waals surface area (Å²) in [5.41, 5.74) is 0. The molecule has 1 aromatic heterocycles. The lowest BCUT2D eigenvalue weighted by Crippen LogP contribution is -2.60. The molecule has 2 fully saturated rings. The zero-order chi connectivity index (χ0) is 16.6. The quantitative estimate of drug-likeness (QED) is 0.813. The zero-order valence-corrected chi connectivity index (χ0v) is 14.0. The van der Waals surface area contributed by atoms with E-state index in [9.17, 15) is 13.2 Å². The Morgan fingerprint density at radius 3 is 2.70 bits per heavy atom. The van der Waals surface area contributed by atoms with E-state index in [-0.39, 0.29) is 42.5 Å². The van der Waals surface area contributed by atoms with Crippen LogP contribution >= 0.6 is 0 Å². The lowest BCUT2D eigenvalue weighted by molar-refractivity contribution is -0.137. The van der Waals surface area contributed by atoms with Crippen molar-refractivity contribution >= 4 is 15.7 Å². The number of sulfone groups is 1. The molecule has 23 heavy (non-hydrogen) atoms. The van der Waals surface area contributed by atoms with E-state index in [1.54, 1.807) is 4.90 Å². The average molecular weight is 342 g/mol. The van der Waals surface area contributed by atoms with Crippen LogP contribution in [0.4, 0.5) is 0 Å². The lowest BCUT2D eigenvalue weighted by atomic mass is 10.0. The fourth-order valence-electron chi connectivity index (χ4n) is 3.54. The number of fused-ring (bicyclic) bond motifs is 1. The Morgan fingerprint density at radius 2 is 2.04 bits per heavy atom. The van der Waals surface area contributed by atoms with Gasteiger partial charge in [-0.25, -0.2) is 8.42 Å². The van der Waals surface area contributed by atoms with Crippen LogP contribution in [0.2, 0.25) is 0 Å². The molecule has 1 N–H and O–H groups in total. The zero-order valence-electron chi connectivity index (χ0n) is 13.1. The van der Waals surface area contributed by atoms with Gasteiger partial charge in [0.05, 0.1) is 30.7 Å². The summed E-state index contributed by atoms with van der Waals surface area (Å²) in [5, 5.41) is 8.97. The maximum Gasteiger partial charge on any atom is 0.225 e. The van der Waals surface area contributed by atoms with Crippen molar-refractivity contribution in [1.82, 2.24) is 9.80 Å². The Labute approximate surface area is 135 Å². The SMILES string of the molecule is Cc1ccc(CN2CCN(C(=O)CCO)[C@@H]3CS(=O)(=O)C[C@@H]32)o1. The molecule has 0 radical (unpaired) electrons. The number of aliphatic hydroxyl groups excluding tert-OH is 1. The van der Waals surface area contributed by atoms with Crippen molar-refractivity contribution in [1.29, 1.82) is 0 Å². The number of rotatable bonds is 4. The van der Waals surface area contributed by atoms with Crippen LogP contribution in [0.5, 0.6) is 0 Å². The van der Waals surface area contributed by atoms with Crippen LogP contribution in [0.3, 0.4) is 0 Å². The van der Waals surface area contributed by atoms with Crippen molar-refractivity contribution in [2.24, 2.45) is 0 Å². The molecule has 0 bridgehead atoms. The first kappa shape index (κ1) is 16.5. The highest BCUT2D eigenvalue weighted by molar-refractivity contribution is 7.91. The van der Waals surface area contributed by atoms with Crippen molar-refractivity contribution in [3.05, 3.63) is 23.7 Å². The number of nitrogens with zero attached hydrogens (tertiary/aromatic N) is 2. The number of aryl methyl sites for hydroxylation is 1. The summed E-state index contributed by atoms with van der Waals surface area (Å²) < 4.78 is 29.8. The molecule has 1 aromatic rings. The van der Waals surface area contributed by atoms with Crippen molar-refractivity contribution < 1.29 is 22.7 Å². The molecule has 0 aliphatic carbocycles. The predicted octanol–water partition coefficient (Wildman–Crippen LogP) is -0.220. The second-order valence-corrected chi connectivity index (χ2v) is 8.41. The number of hydrogen-bond acceptors (Lipinski definition) is 6. The van der Waals surface area contributed by atoms with Crippen LogP contribution in [0.25, 0.3) is 0 Å². The molecule has 2 aliphatic heterocycles. The van der Waals surface area contributed by atoms with E-state index in [1.807, 2.05) is 19.1 Å². The molecule has 0 aromatic carbocycles. The molecule has 2 aliphatic rings. The summed E-state index contributed by atoms with van der Waals surface area (Å²) in [6.07, 6.45) is 0.0423. The molecule has 0 spiro atoms. The van der Waals surface area contributed by atoms with Gasteiger partial charge >= 0.3 is 0 Å². The van der Waals surface area contributed by atoms with Gasteiger partial charge in [-0.05, 0) is 19.1 Å². The average Bonchev–Trinajstić information content (AvgIpc) is 3.01. The fraction of sp³-hybridized carbons (Fsp3) is 0.667. The minimum atomic E-state index is -3.16. The highest BCUT2D eigenvalue weighted by atomic mass is 32.2. The lowest BCUT2D eigenvalue weighted by Gasteiger charge is -2.43.